The van der Waals surface area contributed by atoms with E-state index in [1.165, 1.54) is 148 Å². The Morgan fingerprint density at radius 1 is 0.442 bits per heavy atom. The molecule has 0 amide bonds. The number of rotatable bonds is 32. The molecule has 1 rings (SSSR count). The van der Waals surface area contributed by atoms with E-state index in [0.717, 1.165) is 0 Å². The maximum atomic E-state index is 2.58. The number of hydrogen-bond donors (Lipinski definition) is 0. The summed E-state index contributed by atoms with van der Waals surface area (Å²) in [5.41, 5.74) is 0. The van der Waals surface area contributed by atoms with E-state index in [0.29, 0.717) is 0 Å². The molecule has 0 N–H and O–H groups in total. The third-order valence-corrected chi connectivity index (χ3v) is 26.5. The van der Waals surface area contributed by atoms with Crippen LogP contribution in [0.15, 0.2) is 12.1 Å². The summed E-state index contributed by atoms with van der Waals surface area (Å²) < 4.78 is 1.78. The molecule has 3 heteroatoms. The van der Waals surface area contributed by atoms with E-state index in [1.54, 1.807) is 51.2 Å². The van der Waals surface area contributed by atoms with Crippen molar-refractivity contribution in [3.8, 4) is 0 Å². The van der Waals surface area contributed by atoms with Crippen LogP contribution in [0.25, 0.3) is 0 Å². The third-order valence-electron chi connectivity index (χ3n) is 10.2. The van der Waals surface area contributed by atoms with Gasteiger partial charge in [-0.2, -0.15) is 0 Å². The molecule has 0 fully saturated rings. The molecule has 0 nitrogen and oxygen atoms in total. The number of thiophene rings is 1. The van der Waals surface area contributed by atoms with Crippen LogP contribution < -0.4 is 2.89 Å². The molecule has 0 bridgehead atoms. The molecule has 0 saturated heterocycles. The van der Waals surface area contributed by atoms with Gasteiger partial charge in [-0.3, -0.25) is 0 Å². The summed E-state index contributed by atoms with van der Waals surface area (Å²) in [7, 11) is -1.20. The van der Waals surface area contributed by atoms with Crippen LogP contribution in [0.5, 0.6) is 0 Å². The molecule has 0 saturated carbocycles. The van der Waals surface area contributed by atoms with Crippen molar-refractivity contribution in [2.75, 3.05) is 0 Å². The quantitative estimate of drug-likeness (QED) is 0.0510. The second-order valence-electron chi connectivity index (χ2n) is 15.5. The van der Waals surface area contributed by atoms with Gasteiger partial charge in [0.25, 0.3) is 0 Å². The van der Waals surface area contributed by atoms with Gasteiger partial charge in [0.1, 0.15) is 0 Å². The van der Waals surface area contributed by atoms with Crippen molar-refractivity contribution in [2.45, 2.75) is 227 Å². The standard InChI is InChI=1S/C37H71SSi.3CH3.Sn/c1-4-7-10-13-16-19-22-25-33-39(36-29-31-37-30-28-32-38-37,34-26-23-20-17-14-11-8-5-2)35-27-24-21-18-15-12-9-6-3;;;;/h28,30H,4-27,29,31,33-36H2,1-3H3;3*1H3;. The maximum absolute atomic E-state index is 2.58. The Labute approximate surface area is 282 Å². The van der Waals surface area contributed by atoms with E-state index >= 15 is 0 Å². The van der Waals surface area contributed by atoms with Gasteiger partial charge in [-0.15, -0.1) is 0 Å². The van der Waals surface area contributed by atoms with Gasteiger partial charge in [0.15, 0.2) is 0 Å². The van der Waals surface area contributed by atoms with Crippen LogP contribution in [-0.4, -0.2) is 26.5 Å². The van der Waals surface area contributed by atoms with E-state index in [2.05, 4.69) is 59.1 Å². The Hall–Kier alpha value is 0.716. The van der Waals surface area contributed by atoms with Gasteiger partial charge in [-0.25, -0.2) is 0 Å². The number of hydrogen-bond acceptors (Lipinski definition) is 1. The normalized spacial score (nSPS) is 12.4. The van der Waals surface area contributed by atoms with E-state index in [-0.39, 0.29) is 0 Å². The predicted octanol–water partition coefficient (Wildman–Crippen LogP) is 15.1. The summed E-state index contributed by atoms with van der Waals surface area (Å²) in [6.45, 7) is 7.02. The first kappa shape index (κ1) is 41.7. The Kier molecular flexibility index (Phi) is 27.0. The summed E-state index contributed by atoms with van der Waals surface area (Å²) in [5, 5.41) is 0. The molecule has 0 aliphatic carbocycles. The molecule has 0 unspecified atom stereocenters. The zero-order valence-electron chi connectivity index (χ0n) is 30.8. The van der Waals surface area contributed by atoms with Crippen molar-refractivity contribution in [1.82, 2.24) is 0 Å². The van der Waals surface area contributed by atoms with Gasteiger partial charge in [-0.1, -0.05) is 97.8 Å². The van der Waals surface area contributed by atoms with E-state index < -0.39 is 26.5 Å². The van der Waals surface area contributed by atoms with Crippen LogP contribution in [0.4, 0.5) is 0 Å². The molecule has 1 aromatic rings. The second kappa shape index (κ2) is 27.8. The first-order valence-electron chi connectivity index (χ1n) is 20.0. The van der Waals surface area contributed by atoms with Crippen molar-refractivity contribution in [1.29, 1.82) is 0 Å². The predicted molar refractivity (Wildman–Crippen MR) is 208 cm³/mol. The van der Waals surface area contributed by atoms with Crippen molar-refractivity contribution >= 4 is 40.7 Å². The molecule has 0 atom stereocenters. The second-order valence-corrected chi connectivity index (χ2v) is 37.1. The van der Waals surface area contributed by atoms with Crippen LogP contribution in [-0.2, 0) is 6.42 Å². The number of aryl methyl sites for hydroxylation is 1. The summed E-state index contributed by atoms with van der Waals surface area (Å²) >= 11 is 0.274. The molecule has 0 aromatic carbocycles. The van der Waals surface area contributed by atoms with E-state index in [1.807, 2.05) is 0 Å². The van der Waals surface area contributed by atoms with Crippen LogP contribution >= 0.6 is 11.3 Å². The minimum atomic E-state index is -1.92. The Morgan fingerprint density at radius 2 is 0.767 bits per heavy atom. The Balaban J connectivity index is 2.74. The zero-order chi connectivity index (χ0) is 31.5. The fourth-order valence-electron chi connectivity index (χ4n) is 7.20. The molecule has 1 heterocycles. The van der Waals surface area contributed by atoms with Crippen molar-refractivity contribution in [2.24, 2.45) is 0 Å². The van der Waals surface area contributed by atoms with E-state index in [4.69, 9.17) is 0 Å². The number of unbranched alkanes of at least 4 members (excludes halogenated alkanes) is 21. The molecule has 43 heavy (non-hydrogen) atoms. The van der Waals surface area contributed by atoms with Crippen LogP contribution in [0.1, 0.15) is 186 Å². The minimum absolute atomic E-state index is 1.20. The topological polar surface area (TPSA) is 0 Å². The molecule has 0 aliphatic heterocycles. The van der Waals surface area contributed by atoms with Crippen LogP contribution in [0, 0.1) is 0 Å². The van der Waals surface area contributed by atoms with Crippen molar-refractivity contribution in [3.05, 3.63) is 17.0 Å². The molecular weight excluding hydrogens is 659 g/mol. The van der Waals surface area contributed by atoms with Crippen LogP contribution in [0.2, 0.25) is 39.0 Å². The summed E-state index contributed by atoms with van der Waals surface area (Å²) in [5.74, 6) is 0. The molecule has 0 radical (unpaired) electrons. The molecule has 1 aromatic heterocycles. The monoisotopic (exact) mass is 740 g/mol. The van der Waals surface area contributed by atoms with Gasteiger partial charge in [0.2, 0.25) is 0 Å². The van der Waals surface area contributed by atoms with Gasteiger partial charge in [0.05, 0.1) is 0 Å². The summed E-state index contributed by atoms with van der Waals surface area (Å²) in [6.07, 6.45) is 38.3. The summed E-state index contributed by atoms with van der Waals surface area (Å²) in [4.78, 5) is 9.45. The first-order chi connectivity index (χ1) is 20.9. The molecule has 0 aliphatic rings. The third kappa shape index (κ3) is 22.8. The fourth-order valence-corrected chi connectivity index (χ4v) is 19.1. The zero-order valence-corrected chi connectivity index (χ0v) is 35.4. The van der Waals surface area contributed by atoms with Crippen molar-refractivity contribution in [3.63, 3.8) is 0 Å². The molecular formula is C40H80SSiSn. The van der Waals surface area contributed by atoms with Gasteiger partial charge >= 0.3 is 187 Å². The first-order valence-corrected chi connectivity index (χ1v) is 33.6. The Morgan fingerprint density at radius 3 is 1.09 bits per heavy atom. The Bertz CT molecular complexity index is 670. The van der Waals surface area contributed by atoms with Gasteiger partial charge in [0, 0.05) is 0 Å². The van der Waals surface area contributed by atoms with Gasteiger partial charge in [-0.05, 0) is 0 Å². The molecule has 0 spiro atoms. The molecule has 254 valence electrons. The van der Waals surface area contributed by atoms with Crippen LogP contribution in [0.3, 0.4) is 0 Å². The van der Waals surface area contributed by atoms with Crippen molar-refractivity contribution < 1.29 is 0 Å². The average molecular weight is 740 g/mol. The fraction of sp³-hybridized carbons (Fsp3) is 0.900. The van der Waals surface area contributed by atoms with E-state index in [9.17, 15) is 0 Å². The average Bonchev–Trinajstić information content (AvgIpc) is 3.47. The summed E-state index contributed by atoms with van der Waals surface area (Å²) in [6, 6.07) is 11.6. The SMILES string of the molecule is CCCCCCCCCC[Si](CCCCCCCCCC)(CCCCCCCCCC)CCCc1cc[c]([Sn]([CH3])([CH3])[CH3])s1. The van der Waals surface area contributed by atoms with Gasteiger partial charge < -0.3 is 0 Å².